The van der Waals surface area contributed by atoms with Crippen molar-refractivity contribution in [3.8, 4) is 0 Å². The van der Waals surface area contributed by atoms with Gasteiger partial charge < -0.3 is 0 Å². The molecule has 0 aromatic rings. The number of rotatable bonds is 1. The number of alkyl halides is 1. The molecule has 2 heteroatoms. The molecule has 0 aromatic carbocycles. The van der Waals surface area contributed by atoms with Gasteiger partial charge in [-0.05, 0) is 49.5 Å². The molecular formula is C14H24FN. The van der Waals surface area contributed by atoms with Gasteiger partial charge >= 0.3 is 0 Å². The van der Waals surface area contributed by atoms with Crippen molar-refractivity contribution < 1.29 is 4.39 Å². The summed E-state index contributed by atoms with van der Waals surface area (Å²) in [7, 11) is 0. The topological polar surface area (TPSA) is 3.24 Å². The van der Waals surface area contributed by atoms with Crippen molar-refractivity contribution >= 4 is 0 Å². The summed E-state index contributed by atoms with van der Waals surface area (Å²) in [4.78, 5) is 2.50. The Morgan fingerprint density at radius 1 is 1.19 bits per heavy atom. The Hall–Kier alpha value is -0.110. The fourth-order valence-corrected chi connectivity index (χ4v) is 4.88. The van der Waals surface area contributed by atoms with Crippen LogP contribution in [-0.4, -0.2) is 29.7 Å². The van der Waals surface area contributed by atoms with Crippen molar-refractivity contribution in [3.63, 3.8) is 0 Å². The van der Waals surface area contributed by atoms with E-state index in [9.17, 15) is 4.39 Å². The molecule has 2 saturated heterocycles. The molecule has 16 heavy (non-hydrogen) atoms. The van der Waals surface area contributed by atoms with Crippen LogP contribution < -0.4 is 0 Å². The largest absolute Gasteiger partial charge is 0.294 e. The fraction of sp³-hybridized carbons (Fsp3) is 1.00. The van der Waals surface area contributed by atoms with Crippen molar-refractivity contribution in [3.05, 3.63) is 0 Å². The molecule has 2 aliphatic heterocycles. The van der Waals surface area contributed by atoms with Crippen molar-refractivity contribution in [2.24, 2.45) is 10.8 Å². The highest BCUT2D eigenvalue weighted by molar-refractivity contribution is 5.22. The number of hydrogen-bond donors (Lipinski definition) is 0. The average molecular weight is 225 g/mol. The third-order valence-electron chi connectivity index (χ3n) is 5.68. The first kappa shape index (κ1) is 11.0. The Balaban J connectivity index is 1.98. The Kier molecular flexibility index (Phi) is 2.07. The smallest absolute Gasteiger partial charge is 0.115 e. The van der Waals surface area contributed by atoms with Gasteiger partial charge in [-0.1, -0.05) is 20.8 Å². The van der Waals surface area contributed by atoms with Crippen molar-refractivity contribution in [2.75, 3.05) is 13.1 Å². The normalized spacial score (nSPS) is 42.4. The first-order valence-corrected chi connectivity index (χ1v) is 6.80. The molecule has 1 nitrogen and oxygen atoms in total. The van der Waals surface area contributed by atoms with Gasteiger partial charge in [-0.3, -0.25) is 4.90 Å². The zero-order valence-electron chi connectivity index (χ0n) is 10.9. The highest BCUT2D eigenvalue weighted by Gasteiger charge is 2.69. The van der Waals surface area contributed by atoms with E-state index in [0.29, 0.717) is 17.4 Å². The number of nitrogens with zero attached hydrogens (tertiary/aromatic N) is 1. The van der Waals surface area contributed by atoms with Gasteiger partial charge in [0.15, 0.2) is 0 Å². The summed E-state index contributed by atoms with van der Waals surface area (Å²) in [5.41, 5.74) is 0.974. The third kappa shape index (κ3) is 1.15. The maximum Gasteiger partial charge on any atom is 0.115 e. The van der Waals surface area contributed by atoms with Crippen LogP contribution in [0.3, 0.4) is 0 Å². The lowest BCUT2D eigenvalue weighted by Crippen LogP contribution is -2.51. The molecule has 2 heterocycles. The van der Waals surface area contributed by atoms with Crippen LogP contribution in [0.5, 0.6) is 0 Å². The lowest BCUT2D eigenvalue weighted by atomic mass is 9.63. The number of halogens is 1. The van der Waals surface area contributed by atoms with Crippen LogP contribution in [-0.2, 0) is 0 Å². The summed E-state index contributed by atoms with van der Waals surface area (Å²) in [6, 6.07) is 0. The summed E-state index contributed by atoms with van der Waals surface area (Å²) in [6.07, 6.45) is 5.40. The minimum Gasteiger partial charge on any atom is -0.294 e. The van der Waals surface area contributed by atoms with E-state index in [4.69, 9.17) is 0 Å². The lowest BCUT2D eigenvalue weighted by molar-refractivity contribution is 0.0184. The van der Waals surface area contributed by atoms with Gasteiger partial charge in [0.1, 0.15) is 6.17 Å². The van der Waals surface area contributed by atoms with Crippen molar-refractivity contribution in [1.82, 2.24) is 4.90 Å². The molecule has 0 amide bonds. The summed E-state index contributed by atoms with van der Waals surface area (Å²) in [6.45, 7) is 8.92. The van der Waals surface area contributed by atoms with Crippen LogP contribution in [0.4, 0.5) is 4.39 Å². The number of fused-ring (bicyclic) bond motifs is 1. The summed E-state index contributed by atoms with van der Waals surface area (Å²) in [5, 5.41) is 0. The minimum atomic E-state index is -0.569. The summed E-state index contributed by atoms with van der Waals surface area (Å²) in [5.74, 6) is 0. The Morgan fingerprint density at radius 2 is 1.88 bits per heavy atom. The van der Waals surface area contributed by atoms with Crippen LogP contribution in [0.15, 0.2) is 0 Å². The molecule has 2 atom stereocenters. The van der Waals surface area contributed by atoms with E-state index in [2.05, 4.69) is 25.7 Å². The van der Waals surface area contributed by atoms with Gasteiger partial charge in [-0.15, -0.1) is 0 Å². The van der Waals surface area contributed by atoms with Crippen LogP contribution in [0.1, 0.15) is 52.9 Å². The van der Waals surface area contributed by atoms with Crippen LogP contribution in [0.2, 0.25) is 0 Å². The quantitative estimate of drug-likeness (QED) is 0.661. The first-order valence-electron chi connectivity index (χ1n) is 6.80. The van der Waals surface area contributed by atoms with E-state index < -0.39 is 6.17 Å². The molecule has 0 radical (unpaired) electrons. The summed E-state index contributed by atoms with van der Waals surface area (Å²) >= 11 is 0. The second kappa shape index (κ2) is 3.01. The molecular weight excluding hydrogens is 201 g/mol. The third-order valence-corrected chi connectivity index (χ3v) is 5.68. The molecule has 0 spiro atoms. The monoisotopic (exact) mass is 225 g/mol. The van der Waals surface area contributed by atoms with E-state index >= 15 is 0 Å². The lowest BCUT2D eigenvalue weighted by Gasteiger charge is -2.47. The molecule has 92 valence electrons. The van der Waals surface area contributed by atoms with Crippen LogP contribution in [0, 0.1) is 10.8 Å². The molecule has 3 aliphatic rings. The van der Waals surface area contributed by atoms with Crippen molar-refractivity contribution in [2.45, 2.75) is 64.6 Å². The summed E-state index contributed by atoms with van der Waals surface area (Å²) < 4.78 is 13.8. The second-order valence-corrected chi connectivity index (χ2v) is 7.21. The minimum absolute atomic E-state index is 0.227. The zero-order valence-corrected chi connectivity index (χ0v) is 10.9. The predicted molar refractivity (Wildman–Crippen MR) is 64.2 cm³/mol. The van der Waals surface area contributed by atoms with Crippen molar-refractivity contribution in [1.29, 1.82) is 0 Å². The van der Waals surface area contributed by atoms with E-state index in [-0.39, 0.29) is 5.54 Å². The Bertz CT molecular complexity index is 302. The highest BCUT2D eigenvalue weighted by atomic mass is 19.1. The Morgan fingerprint density at radius 3 is 2.44 bits per heavy atom. The SMILES string of the molecule is CC(C)(C)C1([C@@]23CCCN2C[C@H](F)C3)CC1. The highest BCUT2D eigenvalue weighted by Crippen LogP contribution is 2.70. The molecule has 1 saturated carbocycles. The van der Waals surface area contributed by atoms with E-state index in [1.54, 1.807) is 0 Å². The van der Waals surface area contributed by atoms with E-state index in [1.165, 1.54) is 25.7 Å². The molecule has 0 aromatic heterocycles. The first-order chi connectivity index (χ1) is 7.41. The standard InChI is InChI=1S/C14H24FN/c1-12(2,3)13(6-7-13)14-5-4-8-16(14)10-11(15)9-14/h11H,4-10H2,1-3H3/t11-,14+/m1/s1. The van der Waals surface area contributed by atoms with Gasteiger partial charge in [0, 0.05) is 12.1 Å². The van der Waals surface area contributed by atoms with Crippen LogP contribution in [0.25, 0.3) is 0 Å². The Labute approximate surface area is 98.4 Å². The second-order valence-electron chi connectivity index (χ2n) is 7.21. The van der Waals surface area contributed by atoms with Gasteiger partial charge in [0.05, 0.1) is 0 Å². The van der Waals surface area contributed by atoms with Gasteiger partial charge in [-0.25, -0.2) is 4.39 Å². The fourth-order valence-electron chi connectivity index (χ4n) is 4.88. The van der Waals surface area contributed by atoms with Crippen LogP contribution >= 0.6 is 0 Å². The molecule has 0 bridgehead atoms. The molecule has 3 fully saturated rings. The predicted octanol–water partition coefficient (Wildman–Crippen LogP) is 3.39. The maximum atomic E-state index is 13.8. The van der Waals surface area contributed by atoms with Gasteiger partial charge in [-0.2, -0.15) is 0 Å². The molecule has 0 unspecified atom stereocenters. The molecule has 0 N–H and O–H groups in total. The van der Waals surface area contributed by atoms with E-state index in [0.717, 1.165) is 13.0 Å². The maximum absolute atomic E-state index is 13.8. The van der Waals surface area contributed by atoms with E-state index in [1.807, 2.05) is 0 Å². The molecule has 1 aliphatic carbocycles. The molecule has 3 rings (SSSR count). The number of hydrogen-bond acceptors (Lipinski definition) is 1. The zero-order chi connectivity index (χ0) is 11.6. The average Bonchev–Trinajstić information content (AvgIpc) is 2.79. The van der Waals surface area contributed by atoms with Gasteiger partial charge in [0.2, 0.25) is 0 Å². The van der Waals surface area contributed by atoms with Gasteiger partial charge in [0.25, 0.3) is 0 Å².